The van der Waals surface area contributed by atoms with Gasteiger partial charge in [-0.25, -0.2) is 14.7 Å². The van der Waals surface area contributed by atoms with Gasteiger partial charge in [-0.3, -0.25) is 0 Å². The minimum Gasteiger partial charge on any atom is -0.351 e. The van der Waals surface area contributed by atoms with Gasteiger partial charge in [0.05, 0.1) is 5.69 Å². The van der Waals surface area contributed by atoms with Crippen LogP contribution in [-0.4, -0.2) is 11.0 Å². The van der Waals surface area contributed by atoms with E-state index in [1.165, 1.54) is 16.2 Å². The van der Waals surface area contributed by atoms with Gasteiger partial charge in [-0.2, -0.15) is 0 Å². The first-order valence-corrected chi connectivity index (χ1v) is 5.21. The molecule has 0 aliphatic heterocycles. The summed E-state index contributed by atoms with van der Waals surface area (Å²) in [7, 11) is 0. The number of aromatic nitrogens is 1. The Morgan fingerprint density at radius 3 is 2.60 bits per heavy atom. The molecule has 1 aromatic carbocycles. The molecule has 0 fully saturated rings. The number of hydrogen-bond donors (Lipinski definition) is 1. The predicted octanol–water partition coefficient (Wildman–Crippen LogP) is 2.36. The van der Waals surface area contributed by atoms with Gasteiger partial charge in [-0.1, -0.05) is 18.2 Å². The van der Waals surface area contributed by atoms with E-state index in [1.54, 1.807) is 11.6 Å². The van der Waals surface area contributed by atoms with Crippen LogP contribution in [0, 0.1) is 0 Å². The highest BCUT2D eigenvalue weighted by Crippen LogP contribution is 2.26. The van der Waals surface area contributed by atoms with Crippen molar-refractivity contribution in [1.82, 2.24) is 4.98 Å². The van der Waals surface area contributed by atoms with Crippen LogP contribution in [-0.2, 0) is 0 Å². The van der Waals surface area contributed by atoms with E-state index in [1.807, 2.05) is 30.3 Å². The van der Waals surface area contributed by atoms with Gasteiger partial charge in [-0.15, -0.1) is 11.3 Å². The van der Waals surface area contributed by atoms with E-state index in [0.717, 1.165) is 5.69 Å². The summed E-state index contributed by atoms with van der Waals surface area (Å²) in [5, 5.41) is 2.38. The van der Waals surface area contributed by atoms with Crippen molar-refractivity contribution in [1.29, 1.82) is 0 Å². The molecule has 4 nitrogen and oxygen atoms in total. The van der Waals surface area contributed by atoms with Gasteiger partial charge in [-0.05, 0) is 12.1 Å². The number of hydrogen-bond acceptors (Lipinski definition) is 3. The van der Waals surface area contributed by atoms with E-state index >= 15 is 0 Å². The smallest absolute Gasteiger partial charge is 0.325 e. The predicted molar refractivity (Wildman–Crippen MR) is 60.3 cm³/mol. The normalized spacial score (nSPS) is 9.87. The third-order valence-electron chi connectivity index (χ3n) is 1.85. The number of para-hydroxylation sites is 1. The summed E-state index contributed by atoms with van der Waals surface area (Å²) < 4.78 is 0. The molecule has 2 N–H and O–H groups in total. The average molecular weight is 219 g/mol. The molecule has 15 heavy (non-hydrogen) atoms. The van der Waals surface area contributed by atoms with E-state index in [9.17, 15) is 4.79 Å². The zero-order chi connectivity index (χ0) is 10.7. The molecule has 0 atom stereocenters. The third-order valence-corrected chi connectivity index (χ3v) is 2.60. The minimum atomic E-state index is -0.531. The highest BCUT2D eigenvalue weighted by Gasteiger charge is 2.16. The van der Waals surface area contributed by atoms with Crippen LogP contribution in [0.15, 0.2) is 41.9 Å². The summed E-state index contributed by atoms with van der Waals surface area (Å²) in [5.74, 6) is 0. The molecular formula is C10H9N3OS. The van der Waals surface area contributed by atoms with E-state index in [-0.39, 0.29) is 0 Å². The van der Waals surface area contributed by atoms with Gasteiger partial charge in [0.1, 0.15) is 0 Å². The first-order valence-electron chi connectivity index (χ1n) is 4.33. The van der Waals surface area contributed by atoms with Gasteiger partial charge in [0.25, 0.3) is 0 Å². The molecule has 0 unspecified atom stereocenters. The molecule has 2 amide bonds. The summed E-state index contributed by atoms with van der Waals surface area (Å²) in [5.41, 5.74) is 6.04. The highest BCUT2D eigenvalue weighted by molar-refractivity contribution is 7.13. The van der Waals surface area contributed by atoms with Crippen molar-refractivity contribution in [3.63, 3.8) is 0 Å². The standard InChI is InChI=1S/C10H9N3OS/c11-9(14)13(10-12-6-7-15-10)8-4-2-1-3-5-8/h1-7H,(H2,11,14). The lowest BCUT2D eigenvalue weighted by atomic mass is 10.3. The van der Waals surface area contributed by atoms with Gasteiger partial charge < -0.3 is 5.73 Å². The molecule has 1 aromatic heterocycles. The maximum absolute atomic E-state index is 11.3. The molecule has 1 heterocycles. The molecule has 0 bridgehead atoms. The van der Waals surface area contributed by atoms with E-state index in [4.69, 9.17) is 5.73 Å². The largest absolute Gasteiger partial charge is 0.351 e. The number of thiazole rings is 1. The van der Waals surface area contributed by atoms with Crippen molar-refractivity contribution in [2.75, 3.05) is 4.90 Å². The average Bonchev–Trinajstić information content (AvgIpc) is 2.72. The monoisotopic (exact) mass is 219 g/mol. The summed E-state index contributed by atoms with van der Waals surface area (Å²) in [6.45, 7) is 0. The van der Waals surface area contributed by atoms with Crippen LogP contribution < -0.4 is 10.6 Å². The molecule has 5 heteroatoms. The number of benzene rings is 1. The summed E-state index contributed by atoms with van der Waals surface area (Å²) in [6, 6.07) is 8.66. The van der Waals surface area contributed by atoms with Crippen molar-refractivity contribution in [2.45, 2.75) is 0 Å². The van der Waals surface area contributed by atoms with Crippen molar-refractivity contribution < 1.29 is 4.79 Å². The van der Waals surface area contributed by atoms with E-state index in [2.05, 4.69) is 4.98 Å². The molecule has 0 radical (unpaired) electrons. The lowest BCUT2D eigenvalue weighted by Gasteiger charge is -2.16. The summed E-state index contributed by atoms with van der Waals surface area (Å²) in [6.07, 6.45) is 1.64. The van der Waals surface area contributed by atoms with Gasteiger partial charge >= 0.3 is 6.03 Å². The Kier molecular flexibility index (Phi) is 2.64. The van der Waals surface area contributed by atoms with Crippen LogP contribution in [0.5, 0.6) is 0 Å². The second-order valence-corrected chi connectivity index (χ2v) is 3.70. The quantitative estimate of drug-likeness (QED) is 0.842. The Hall–Kier alpha value is -1.88. The zero-order valence-corrected chi connectivity index (χ0v) is 8.65. The van der Waals surface area contributed by atoms with Crippen molar-refractivity contribution in [2.24, 2.45) is 5.73 Å². The van der Waals surface area contributed by atoms with E-state index in [0.29, 0.717) is 5.13 Å². The molecule has 0 aliphatic carbocycles. The Balaban J connectivity index is 2.42. The minimum absolute atomic E-state index is 0.531. The van der Waals surface area contributed by atoms with Crippen LogP contribution >= 0.6 is 11.3 Å². The van der Waals surface area contributed by atoms with E-state index < -0.39 is 6.03 Å². The number of carbonyl (C=O) groups excluding carboxylic acids is 1. The maximum atomic E-state index is 11.3. The topological polar surface area (TPSA) is 59.2 Å². The van der Waals surface area contributed by atoms with Gasteiger partial charge in [0, 0.05) is 11.6 Å². The third kappa shape index (κ3) is 1.97. The van der Waals surface area contributed by atoms with Crippen LogP contribution in [0.25, 0.3) is 0 Å². The molecule has 2 rings (SSSR count). The molecular weight excluding hydrogens is 210 g/mol. The maximum Gasteiger partial charge on any atom is 0.325 e. The van der Waals surface area contributed by atoms with Crippen LogP contribution in [0.1, 0.15) is 0 Å². The molecule has 0 saturated heterocycles. The first kappa shape index (κ1) is 9.67. The lowest BCUT2D eigenvalue weighted by Crippen LogP contribution is -2.31. The van der Waals surface area contributed by atoms with Crippen molar-refractivity contribution in [3.8, 4) is 0 Å². The fraction of sp³-hybridized carbons (Fsp3) is 0. The zero-order valence-electron chi connectivity index (χ0n) is 7.83. The van der Waals surface area contributed by atoms with Crippen molar-refractivity contribution >= 4 is 28.2 Å². The van der Waals surface area contributed by atoms with Crippen LogP contribution in [0.3, 0.4) is 0 Å². The van der Waals surface area contributed by atoms with Crippen molar-refractivity contribution in [3.05, 3.63) is 41.9 Å². The Morgan fingerprint density at radius 2 is 2.07 bits per heavy atom. The van der Waals surface area contributed by atoms with Crippen LogP contribution in [0.4, 0.5) is 15.6 Å². The molecule has 76 valence electrons. The van der Waals surface area contributed by atoms with Crippen LogP contribution in [0.2, 0.25) is 0 Å². The number of nitrogens with two attached hydrogens (primary N) is 1. The SMILES string of the molecule is NC(=O)N(c1ccccc1)c1nccs1. The van der Waals surface area contributed by atoms with Gasteiger partial charge in [0.15, 0.2) is 5.13 Å². The Labute approximate surface area is 91.0 Å². The number of urea groups is 1. The second-order valence-electron chi connectivity index (χ2n) is 2.82. The number of carbonyl (C=O) groups is 1. The number of primary amides is 1. The fourth-order valence-corrected chi connectivity index (χ4v) is 1.90. The lowest BCUT2D eigenvalue weighted by molar-refractivity contribution is 0.256. The molecule has 0 saturated carbocycles. The Bertz CT molecular complexity index is 441. The van der Waals surface area contributed by atoms with Gasteiger partial charge in [0.2, 0.25) is 0 Å². The fourth-order valence-electron chi connectivity index (χ4n) is 1.24. The number of nitrogens with zero attached hydrogens (tertiary/aromatic N) is 2. The second kappa shape index (κ2) is 4.10. The highest BCUT2D eigenvalue weighted by atomic mass is 32.1. The summed E-state index contributed by atoms with van der Waals surface area (Å²) in [4.78, 5) is 16.8. The molecule has 0 spiro atoms. The molecule has 2 aromatic rings. The number of anilines is 2. The summed E-state index contributed by atoms with van der Waals surface area (Å²) >= 11 is 1.37. The Morgan fingerprint density at radius 1 is 1.33 bits per heavy atom. The number of rotatable bonds is 2. The molecule has 0 aliphatic rings. The first-order chi connectivity index (χ1) is 7.29. The number of amides is 2.